The average molecular weight is 274 g/mol. The highest BCUT2D eigenvalue weighted by atomic mass is 16.5. The number of hydrogen-bond acceptors (Lipinski definition) is 3. The zero-order valence-electron chi connectivity index (χ0n) is 11.9. The van der Waals surface area contributed by atoms with Crippen molar-refractivity contribution in [1.82, 2.24) is 10.6 Å². The van der Waals surface area contributed by atoms with Gasteiger partial charge in [0.25, 0.3) is 5.91 Å². The van der Waals surface area contributed by atoms with Gasteiger partial charge in [-0.05, 0) is 43.5 Å². The molecule has 0 aromatic heterocycles. The number of piperidine rings is 1. The van der Waals surface area contributed by atoms with Gasteiger partial charge < -0.3 is 15.4 Å². The third-order valence-corrected chi connectivity index (χ3v) is 4.17. The van der Waals surface area contributed by atoms with E-state index in [4.69, 9.17) is 4.74 Å². The van der Waals surface area contributed by atoms with Crippen LogP contribution < -0.4 is 15.4 Å². The summed E-state index contributed by atoms with van der Waals surface area (Å²) in [7, 11) is 0. The van der Waals surface area contributed by atoms with E-state index in [1.807, 2.05) is 18.2 Å². The maximum absolute atomic E-state index is 12.2. The number of carbonyl (C=O) groups excluding carboxylic acids is 1. The molecule has 2 N–H and O–H groups in total. The first-order chi connectivity index (χ1) is 9.72. The van der Waals surface area contributed by atoms with E-state index >= 15 is 0 Å². The fourth-order valence-electron chi connectivity index (χ4n) is 3.05. The molecule has 1 aromatic rings. The summed E-state index contributed by atoms with van der Waals surface area (Å²) in [6.07, 6.45) is 4.51. The zero-order valence-corrected chi connectivity index (χ0v) is 11.9. The van der Waals surface area contributed by atoms with Gasteiger partial charge in [-0.3, -0.25) is 4.79 Å². The van der Waals surface area contributed by atoms with Crippen LogP contribution in [0, 0.1) is 0 Å². The Hall–Kier alpha value is -1.55. The number of carbonyl (C=O) groups is 1. The van der Waals surface area contributed by atoms with Gasteiger partial charge in [-0.2, -0.15) is 0 Å². The monoisotopic (exact) mass is 274 g/mol. The van der Waals surface area contributed by atoms with Crippen molar-refractivity contribution in [3.05, 3.63) is 29.3 Å². The third-order valence-electron chi connectivity index (χ3n) is 4.17. The van der Waals surface area contributed by atoms with E-state index in [9.17, 15) is 4.79 Å². The van der Waals surface area contributed by atoms with E-state index in [0.717, 1.165) is 36.3 Å². The summed E-state index contributed by atoms with van der Waals surface area (Å²) in [5.41, 5.74) is 1.88. The summed E-state index contributed by atoms with van der Waals surface area (Å²) >= 11 is 0. The standard InChI is InChI=1S/C16H22N2O2/c1-11-3-2-4-14(18-11)10-17-16(19)13-5-6-15-12(9-13)7-8-20-15/h5-6,9,11,14,18H,2-4,7-8,10H2,1H3,(H,17,19). The predicted molar refractivity (Wildman–Crippen MR) is 78.2 cm³/mol. The van der Waals surface area contributed by atoms with E-state index in [1.54, 1.807) is 0 Å². The Labute approximate surface area is 119 Å². The fourth-order valence-corrected chi connectivity index (χ4v) is 3.05. The second-order valence-electron chi connectivity index (χ2n) is 5.83. The summed E-state index contributed by atoms with van der Waals surface area (Å²) in [5, 5.41) is 6.57. The number of amides is 1. The van der Waals surface area contributed by atoms with Gasteiger partial charge in [-0.25, -0.2) is 0 Å². The molecule has 3 rings (SSSR count). The van der Waals surface area contributed by atoms with Gasteiger partial charge in [0, 0.05) is 30.6 Å². The second kappa shape index (κ2) is 5.83. The Morgan fingerprint density at radius 2 is 2.35 bits per heavy atom. The Morgan fingerprint density at radius 1 is 1.45 bits per heavy atom. The van der Waals surface area contributed by atoms with E-state index in [2.05, 4.69) is 17.6 Å². The lowest BCUT2D eigenvalue weighted by atomic mass is 9.99. The number of hydrogen-bond donors (Lipinski definition) is 2. The van der Waals surface area contributed by atoms with E-state index in [0.29, 0.717) is 18.6 Å². The van der Waals surface area contributed by atoms with Crippen molar-refractivity contribution in [2.24, 2.45) is 0 Å². The van der Waals surface area contributed by atoms with Crippen LogP contribution >= 0.6 is 0 Å². The quantitative estimate of drug-likeness (QED) is 0.885. The number of rotatable bonds is 3. The van der Waals surface area contributed by atoms with E-state index < -0.39 is 0 Å². The molecular weight excluding hydrogens is 252 g/mol. The summed E-state index contributed by atoms with van der Waals surface area (Å²) in [6, 6.07) is 6.66. The molecule has 1 saturated heterocycles. The van der Waals surface area contributed by atoms with E-state index in [-0.39, 0.29) is 5.91 Å². The highest BCUT2D eigenvalue weighted by Gasteiger charge is 2.19. The van der Waals surface area contributed by atoms with Crippen LogP contribution in [0.1, 0.15) is 42.1 Å². The van der Waals surface area contributed by atoms with Crippen molar-refractivity contribution >= 4 is 5.91 Å². The van der Waals surface area contributed by atoms with E-state index in [1.165, 1.54) is 12.8 Å². The van der Waals surface area contributed by atoms with Crippen LogP contribution in [-0.2, 0) is 6.42 Å². The van der Waals surface area contributed by atoms with Crippen LogP contribution in [0.5, 0.6) is 5.75 Å². The highest BCUT2D eigenvalue weighted by molar-refractivity contribution is 5.94. The molecule has 1 aromatic carbocycles. The van der Waals surface area contributed by atoms with Gasteiger partial charge >= 0.3 is 0 Å². The highest BCUT2D eigenvalue weighted by Crippen LogP contribution is 2.25. The average Bonchev–Trinajstić information content (AvgIpc) is 2.92. The molecule has 0 aliphatic carbocycles. The molecule has 2 aliphatic heterocycles. The number of ether oxygens (including phenoxy) is 1. The second-order valence-corrected chi connectivity index (χ2v) is 5.83. The van der Waals surface area contributed by atoms with Gasteiger partial charge in [-0.15, -0.1) is 0 Å². The largest absolute Gasteiger partial charge is 0.493 e. The minimum absolute atomic E-state index is 0.0136. The van der Waals surface area contributed by atoms with Crippen LogP contribution in [0.15, 0.2) is 18.2 Å². The maximum atomic E-state index is 12.2. The fraction of sp³-hybridized carbons (Fsp3) is 0.562. The first-order valence-corrected chi connectivity index (χ1v) is 7.52. The SMILES string of the molecule is CC1CCCC(CNC(=O)c2ccc3c(c2)CCO3)N1. The molecule has 4 nitrogen and oxygen atoms in total. The lowest BCUT2D eigenvalue weighted by Gasteiger charge is -2.28. The zero-order chi connectivity index (χ0) is 13.9. The molecule has 20 heavy (non-hydrogen) atoms. The van der Waals surface area contributed by atoms with Crippen molar-refractivity contribution in [2.45, 2.75) is 44.7 Å². The van der Waals surface area contributed by atoms with Gasteiger partial charge in [0.05, 0.1) is 6.61 Å². The van der Waals surface area contributed by atoms with Crippen LogP contribution in [-0.4, -0.2) is 31.1 Å². The van der Waals surface area contributed by atoms with Gasteiger partial charge in [0.15, 0.2) is 0 Å². The molecule has 0 saturated carbocycles. The molecular formula is C16H22N2O2. The Kier molecular flexibility index (Phi) is 3.92. The number of fused-ring (bicyclic) bond motifs is 1. The first kappa shape index (κ1) is 13.4. The molecule has 0 radical (unpaired) electrons. The molecule has 4 heteroatoms. The van der Waals surface area contributed by atoms with Crippen molar-refractivity contribution < 1.29 is 9.53 Å². The Morgan fingerprint density at radius 3 is 3.20 bits per heavy atom. The van der Waals surface area contributed by atoms with Crippen molar-refractivity contribution in [1.29, 1.82) is 0 Å². The molecule has 1 amide bonds. The smallest absolute Gasteiger partial charge is 0.251 e. The van der Waals surface area contributed by atoms with Crippen molar-refractivity contribution in [2.75, 3.05) is 13.2 Å². The molecule has 2 atom stereocenters. The summed E-state index contributed by atoms with van der Waals surface area (Å²) < 4.78 is 5.46. The molecule has 0 bridgehead atoms. The minimum Gasteiger partial charge on any atom is -0.493 e. The molecule has 2 unspecified atom stereocenters. The molecule has 2 aliphatic rings. The van der Waals surface area contributed by atoms with Crippen LogP contribution in [0.4, 0.5) is 0 Å². The van der Waals surface area contributed by atoms with Gasteiger partial charge in [-0.1, -0.05) is 6.42 Å². The minimum atomic E-state index is 0.0136. The first-order valence-electron chi connectivity index (χ1n) is 7.52. The van der Waals surface area contributed by atoms with Crippen molar-refractivity contribution in [3.63, 3.8) is 0 Å². The van der Waals surface area contributed by atoms with Gasteiger partial charge in [0.1, 0.15) is 5.75 Å². The molecule has 1 fully saturated rings. The Bertz CT molecular complexity index is 501. The predicted octanol–water partition coefficient (Wildman–Crippen LogP) is 1.88. The van der Waals surface area contributed by atoms with Crippen LogP contribution in [0.2, 0.25) is 0 Å². The lowest BCUT2D eigenvalue weighted by molar-refractivity contribution is 0.0946. The molecule has 0 spiro atoms. The molecule has 108 valence electrons. The summed E-state index contributed by atoms with van der Waals surface area (Å²) in [5.74, 6) is 0.934. The molecule has 2 heterocycles. The topological polar surface area (TPSA) is 50.4 Å². The summed E-state index contributed by atoms with van der Waals surface area (Å²) in [6.45, 7) is 3.63. The lowest BCUT2D eigenvalue weighted by Crippen LogP contribution is -2.47. The number of nitrogens with one attached hydrogen (secondary N) is 2. The maximum Gasteiger partial charge on any atom is 0.251 e. The Balaban J connectivity index is 1.56. The number of benzene rings is 1. The van der Waals surface area contributed by atoms with Crippen LogP contribution in [0.25, 0.3) is 0 Å². The van der Waals surface area contributed by atoms with Crippen LogP contribution in [0.3, 0.4) is 0 Å². The van der Waals surface area contributed by atoms with Gasteiger partial charge in [0.2, 0.25) is 0 Å². The van der Waals surface area contributed by atoms with Crippen molar-refractivity contribution in [3.8, 4) is 5.75 Å². The summed E-state index contributed by atoms with van der Waals surface area (Å²) in [4.78, 5) is 12.2. The normalized spacial score (nSPS) is 24.9. The third kappa shape index (κ3) is 2.96.